The Bertz CT molecular complexity index is 937. The van der Waals surface area contributed by atoms with Gasteiger partial charge in [0.1, 0.15) is 11.4 Å². The van der Waals surface area contributed by atoms with Crippen LogP contribution in [0, 0.1) is 0 Å². The summed E-state index contributed by atoms with van der Waals surface area (Å²) >= 11 is 0. The lowest BCUT2D eigenvalue weighted by Gasteiger charge is -2.16. The summed E-state index contributed by atoms with van der Waals surface area (Å²) in [4.78, 5) is 14.8. The van der Waals surface area contributed by atoms with E-state index in [1.54, 1.807) is 13.2 Å². The number of carbonyl (C=O) groups excluding carboxylic acids is 1. The fraction of sp³-hybridized carbons (Fsp3) is 0.304. The third kappa shape index (κ3) is 4.66. The molecule has 2 N–H and O–H groups in total. The first kappa shape index (κ1) is 19.2. The molecule has 0 bridgehead atoms. The van der Waals surface area contributed by atoms with E-state index in [-0.39, 0.29) is 5.91 Å². The number of rotatable bonds is 7. The van der Waals surface area contributed by atoms with Gasteiger partial charge in [0.05, 0.1) is 12.8 Å². The summed E-state index contributed by atoms with van der Waals surface area (Å²) in [7, 11) is 1.63. The van der Waals surface area contributed by atoms with Crippen molar-refractivity contribution in [1.29, 1.82) is 0 Å². The Morgan fingerprint density at radius 2 is 2.00 bits per heavy atom. The monoisotopic (exact) mass is 390 g/mol. The normalized spacial score (nSPS) is 16.7. The van der Waals surface area contributed by atoms with E-state index < -0.39 is 0 Å². The van der Waals surface area contributed by atoms with Gasteiger partial charge in [-0.1, -0.05) is 30.3 Å². The molecule has 1 aromatic heterocycles. The van der Waals surface area contributed by atoms with Crippen LogP contribution in [0.15, 0.2) is 60.7 Å². The van der Waals surface area contributed by atoms with Gasteiger partial charge in [-0.2, -0.15) is 5.10 Å². The smallest absolute Gasteiger partial charge is 0.269 e. The van der Waals surface area contributed by atoms with Gasteiger partial charge in [0.2, 0.25) is 0 Å². The summed E-state index contributed by atoms with van der Waals surface area (Å²) in [5.74, 6) is 1.25. The summed E-state index contributed by atoms with van der Waals surface area (Å²) in [5, 5.41) is 10.1. The van der Waals surface area contributed by atoms with Crippen LogP contribution in [0.25, 0.3) is 11.3 Å². The predicted molar refractivity (Wildman–Crippen MR) is 113 cm³/mol. The number of aromatic nitrogens is 2. The molecule has 1 fully saturated rings. The summed E-state index contributed by atoms with van der Waals surface area (Å²) in [6, 6.07) is 20.0. The maximum atomic E-state index is 12.4. The lowest BCUT2D eigenvalue weighted by molar-refractivity contribution is 0.0944. The Morgan fingerprint density at radius 3 is 2.76 bits per heavy atom. The first-order chi connectivity index (χ1) is 14.2. The van der Waals surface area contributed by atoms with E-state index in [0.717, 1.165) is 36.6 Å². The summed E-state index contributed by atoms with van der Waals surface area (Å²) < 4.78 is 5.17. The molecule has 0 spiro atoms. The number of aromatic amines is 1. The van der Waals surface area contributed by atoms with E-state index in [0.29, 0.717) is 18.2 Å². The molecule has 0 aliphatic carbocycles. The number of ether oxygens (including phenoxy) is 1. The van der Waals surface area contributed by atoms with Gasteiger partial charge in [0.15, 0.2) is 0 Å². The molecule has 0 radical (unpaired) electrons. The highest BCUT2D eigenvalue weighted by Gasteiger charge is 2.23. The van der Waals surface area contributed by atoms with E-state index in [4.69, 9.17) is 4.74 Å². The highest BCUT2D eigenvalue weighted by molar-refractivity contribution is 5.93. The van der Waals surface area contributed by atoms with Crippen LogP contribution in [0.2, 0.25) is 0 Å². The molecule has 29 heavy (non-hydrogen) atoms. The second kappa shape index (κ2) is 8.92. The Hall–Kier alpha value is -3.12. The number of nitrogens with one attached hydrogen (secondary N) is 2. The minimum absolute atomic E-state index is 0.129. The second-order valence-corrected chi connectivity index (χ2v) is 7.35. The number of methoxy groups -OCH3 is 1. The van der Waals surface area contributed by atoms with Crippen molar-refractivity contribution < 1.29 is 9.53 Å². The Kier molecular flexibility index (Phi) is 5.91. The SMILES string of the molecule is COc1ccc(-c2cc(C(=O)NCCN3CCC(c4ccccc4)C3)[nH]n2)cc1. The molecule has 1 atom stereocenters. The molecule has 1 aliphatic heterocycles. The molecule has 2 heterocycles. The third-order valence-corrected chi connectivity index (χ3v) is 5.47. The van der Waals surface area contributed by atoms with E-state index in [9.17, 15) is 4.79 Å². The fourth-order valence-electron chi connectivity index (χ4n) is 3.80. The molecule has 6 nitrogen and oxygen atoms in total. The molecule has 2 aromatic carbocycles. The van der Waals surface area contributed by atoms with Gasteiger partial charge in [-0.25, -0.2) is 0 Å². The highest BCUT2D eigenvalue weighted by Crippen LogP contribution is 2.26. The maximum Gasteiger partial charge on any atom is 0.269 e. The van der Waals surface area contributed by atoms with E-state index in [2.05, 4.69) is 50.7 Å². The lowest BCUT2D eigenvalue weighted by atomic mass is 9.99. The molecule has 6 heteroatoms. The van der Waals surface area contributed by atoms with E-state index in [1.165, 1.54) is 12.0 Å². The van der Waals surface area contributed by atoms with Crippen molar-refractivity contribution in [2.45, 2.75) is 12.3 Å². The molecule has 1 amide bonds. The average Bonchev–Trinajstić information content (AvgIpc) is 3.45. The van der Waals surface area contributed by atoms with Crippen LogP contribution in [0.4, 0.5) is 0 Å². The van der Waals surface area contributed by atoms with Crippen molar-refractivity contribution in [2.75, 3.05) is 33.3 Å². The number of amides is 1. The van der Waals surface area contributed by atoms with Gasteiger partial charge < -0.3 is 15.0 Å². The fourth-order valence-corrected chi connectivity index (χ4v) is 3.80. The molecular formula is C23H26N4O2. The van der Waals surface area contributed by atoms with Crippen molar-refractivity contribution in [3.8, 4) is 17.0 Å². The molecule has 1 aliphatic rings. The van der Waals surface area contributed by atoms with Crippen LogP contribution in [-0.4, -0.2) is 54.3 Å². The number of benzene rings is 2. The Morgan fingerprint density at radius 1 is 1.21 bits per heavy atom. The van der Waals surface area contributed by atoms with Crippen LogP contribution in [0.3, 0.4) is 0 Å². The first-order valence-electron chi connectivity index (χ1n) is 9.98. The molecule has 3 aromatic rings. The summed E-state index contributed by atoms with van der Waals surface area (Å²) in [5.41, 5.74) is 3.55. The van der Waals surface area contributed by atoms with Crippen LogP contribution < -0.4 is 10.1 Å². The van der Waals surface area contributed by atoms with Gasteiger partial charge in [-0.05, 0) is 54.8 Å². The standard InChI is InChI=1S/C23H26N4O2/c1-29-20-9-7-18(8-10-20)21-15-22(26-25-21)23(28)24-12-14-27-13-11-19(16-27)17-5-3-2-4-6-17/h2-10,15,19H,11-14,16H2,1H3,(H,24,28)(H,25,26). The van der Waals surface area contributed by atoms with Crippen molar-refractivity contribution >= 4 is 5.91 Å². The van der Waals surface area contributed by atoms with Crippen molar-refractivity contribution in [3.63, 3.8) is 0 Å². The molecular weight excluding hydrogens is 364 g/mol. The number of hydrogen-bond donors (Lipinski definition) is 2. The quantitative estimate of drug-likeness (QED) is 0.649. The zero-order chi connectivity index (χ0) is 20.1. The Balaban J connectivity index is 1.25. The van der Waals surface area contributed by atoms with Crippen LogP contribution >= 0.6 is 0 Å². The maximum absolute atomic E-state index is 12.4. The Labute approximate surface area is 170 Å². The molecule has 150 valence electrons. The first-order valence-corrected chi connectivity index (χ1v) is 9.98. The average molecular weight is 390 g/mol. The van der Waals surface area contributed by atoms with Crippen molar-refractivity contribution in [1.82, 2.24) is 20.4 Å². The highest BCUT2D eigenvalue weighted by atomic mass is 16.5. The number of hydrogen-bond acceptors (Lipinski definition) is 4. The van der Waals surface area contributed by atoms with E-state index >= 15 is 0 Å². The number of likely N-dealkylation sites (tertiary alicyclic amines) is 1. The van der Waals surface area contributed by atoms with Crippen LogP contribution in [0.5, 0.6) is 5.75 Å². The van der Waals surface area contributed by atoms with Gasteiger partial charge in [-0.15, -0.1) is 0 Å². The van der Waals surface area contributed by atoms with Crippen molar-refractivity contribution in [2.24, 2.45) is 0 Å². The minimum atomic E-state index is -0.129. The molecule has 1 unspecified atom stereocenters. The van der Waals surface area contributed by atoms with E-state index in [1.807, 2.05) is 24.3 Å². The van der Waals surface area contributed by atoms with Gasteiger partial charge >= 0.3 is 0 Å². The molecule has 0 saturated carbocycles. The zero-order valence-electron chi connectivity index (χ0n) is 16.6. The van der Waals surface area contributed by atoms with Gasteiger partial charge in [-0.3, -0.25) is 9.89 Å². The lowest BCUT2D eigenvalue weighted by Crippen LogP contribution is -2.34. The van der Waals surface area contributed by atoms with Gasteiger partial charge in [0.25, 0.3) is 5.91 Å². The van der Waals surface area contributed by atoms with Crippen LogP contribution in [-0.2, 0) is 0 Å². The topological polar surface area (TPSA) is 70.2 Å². The van der Waals surface area contributed by atoms with Gasteiger partial charge in [0, 0.05) is 25.2 Å². The second-order valence-electron chi connectivity index (χ2n) is 7.35. The van der Waals surface area contributed by atoms with Crippen molar-refractivity contribution in [3.05, 3.63) is 71.9 Å². The number of nitrogens with zero attached hydrogens (tertiary/aromatic N) is 2. The number of H-pyrrole nitrogens is 1. The zero-order valence-corrected chi connectivity index (χ0v) is 16.6. The predicted octanol–water partition coefficient (Wildman–Crippen LogP) is 3.30. The third-order valence-electron chi connectivity index (χ3n) is 5.47. The molecule has 4 rings (SSSR count). The number of carbonyl (C=O) groups is 1. The van der Waals surface area contributed by atoms with Crippen LogP contribution in [0.1, 0.15) is 28.4 Å². The summed E-state index contributed by atoms with van der Waals surface area (Å²) in [6.45, 7) is 3.60. The largest absolute Gasteiger partial charge is 0.497 e. The summed E-state index contributed by atoms with van der Waals surface area (Å²) in [6.07, 6.45) is 1.17. The minimum Gasteiger partial charge on any atom is -0.497 e. The molecule has 1 saturated heterocycles.